The van der Waals surface area contributed by atoms with Gasteiger partial charge in [-0.1, -0.05) is 0 Å². The quantitative estimate of drug-likeness (QED) is 0.563. The van der Waals surface area contributed by atoms with Crippen molar-refractivity contribution in [2.75, 3.05) is 13.1 Å². The average Bonchev–Trinajstić information content (AvgIpc) is 3.41. The van der Waals surface area contributed by atoms with Crippen LogP contribution in [0.2, 0.25) is 0 Å². The predicted molar refractivity (Wildman–Crippen MR) is 125 cm³/mol. The molecule has 10 nitrogen and oxygen atoms in total. The minimum Gasteiger partial charge on any atom is -0.483 e. The highest BCUT2D eigenvalue weighted by Crippen LogP contribution is 2.33. The molecule has 0 saturated carbocycles. The number of amides is 3. The molecule has 0 spiro atoms. The van der Waals surface area contributed by atoms with Gasteiger partial charge in [0.05, 0.1) is 36.7 Å². The molecule has 0 bridgehead atoms. The van der Waals surface area contributed by atoms with Gasteiger partial charge in [-0.25, -0.2) is 23.0 Å². The van der Waals surface area contributed by atoms with Gasteiger partial charge in [-0.3, -0.25) is 14.5 Å². The van der Waals surface area contributed by atoms with Gasteiger partial charge in [-0.05, 0) is 24.6 Å². The number of halogens is 3. The number of nitrogens with two attached hydrogens (primary N) is 1. The summed E-state index contributed by atoms with van der Waals surface area (Å²) in [6.07, 6.45) is 2.33. The van der Waals surface area contributed by atoms with E-state index in [1.165, 1.54) is 39.0 Å². The molecular formula is C24H22F3N7O3. The maximum absolute atomic E-state index is 14.5. The van der Waals surface area contributed by atoms with Crippen LogP contribution in [0.4, 0.5) is 18.0 Å². The number of carbonyl (C=O) groups excluding carboxylic acids is 2. The zero-order valence-electron chi connectivity index (χ0n) is 19.9. The van der Waals surface area contributed by atoms with E-state index in [4.69, 9.17) is 10.5 Å². The molecule has 2 aliphatic heterocycles. The molecule has 3 aromatic rings. The molecule has 2 N–H and O–H groups in total. The van der Waals surface area contributed by atoms with Gasteiger partial charge in [0.15, 0.2) is 17.3 Å². The molecule has 4 heterocycles. The molecule has 0 aliphatic carbocycles. The highest BCUT2D eigenvalue weighted by atomic mass is 19.1. The number of carbonyl (C=O) groups is 2. The predicted octanol–water partition coefficient (Wildman–Crippen LogP) is 2.92. The van der Waals surface area contributed by atoms with Crippen LogP contribution in [0.1, 0.15) is 34.1 Å². The molecule has 1 unspecified atom stereocenters. The van der Waals surface area contributed by atoms with E-state index >= 15 is 0 Å². The molecule has 2 aromatic heterocycles. The molecule has 1 aromatic carbocycles. The Morgan fingerprint density at radius 3 is 2.46 bits per heavy atom. The van der Waals surface area contributed by atoms with Crippen molar-refractivity contribution in [2.45, 2.75) is 25.5 Å². The van der Waals surface area contributed by atoms with E-state index < -0.39 is 41.5 Å². The molecular weight excluding hydrogens is 491 g/mol. The largest absolute Gasteiger partial charge is 0.483 e. The van der Waals surface area contributed by atoms with E-state index in [1.807, 2.05) is 0 Å². The summed E-state index contributed by atoms with van der Waals surface area (Å²) in [5.41, 5.74) is 7.06. The standard InChI is InChI=1S/C24H22F3N7O3/c1-12-21(23(28)35)31-32(2)22(12)18-8-20(17(27)9-29-18)37-16-10-33(11-16)24(36)34-19(3-4-30-34)13-5-14(25)7-15(26)6-13/h4-9,16,19H,3,10-11H2,1-2H3,(H2,28,35). The normalized spacial score (nSPS) is 17.3. The number of rotatable bonds is 5. The van der Waals surface area contributed by atoms with Crippen LogP contribution in [-0.4, -0.2) is 62.0 Å². The van der Waals surface area contributed by atoms with Crippen molar-refractivity contribution in [3.8, 4) is 17.1 Å². The molecule has 0 radical (unpaired) electrons. The van der Waals surface area contributed by atoms with E-state index in [0.29, 0.717) is 28.9 Å². The lowest BCUT2D eigenvalue weighted by atomic mass is 10.0. The number of likely N-dealkylation sites (tertiary alicyclic amines) is 1. The van der Waals surface area contributed by atoms with Crippen molar-refractivity contribution in [1.29, 1.82) is 0 Å². The lowest BCUT2D eigenvalue weighted by molar-refractivity contribution is 0.0256. The Labute approximate surface area is 209 Å². The third-order valence-corrected chi connectivity index (χ3v) is 6.29. The van der Waals surface area contributed by atoms with Crippen molar-refractivity contribution < 1.29 is 27.5 Å². The minimum atomic E-state index is -0.738. The summed E-state index contributed by atoms with van der Waals surface area (Å²) >= 11 is 0. The van der Waals surface area contributed by atoms with Crippen molar-refractivity contribution in [1.82, 2.24) is 24.7 Å². The Balaban J connectivity index is 1.27. The van der Waals surface area contributed by atoms with Crippen LogP contribution in [0.15, 0.2) is 35.6 Å². The SMILES string of the molecule is Cc1c(C(N)=O)nn(C)c1-c1cc(OC2CN(C(=O)N3N=CCC3c3cc(F)cc(F)c3)C2)c(F)cn1. The lowest BCUT2D eigenvalue weighted by Gasteiger charge is -2.41. The van der Waals surface area contributed by atoms with Gasteiger partial charge in [-0.2, -0.15) is 10.2 Å². The van der Waals surface area contributed by atoms with Crippen molar-refractivity contribution in [3.05, 3.63) is 64.7 Å². The van der Waals surface area contributed by atoms with Crippen LogP contribution in [0.5, 0.6) is 5.75 Å². The highest BCUT2D eigenvalue weighted by Gasteiger charge is 2.39. The number of pyridine rings is 1. The number of ether oxygens (including phenoxy) is 1. The second-order valence-electron chi connectivity index (χ2n) is 8.83. The van der Waals surface area contributed by atoms with Gasteiger partial charge in [0.1, 0.15) is 17.7 Å². The molecule has 37 heavy (non-hydrogen) atoms. The summed E-state index contributed by atoms with van der Waals surface area (Å²) in [4.78, 5) is 30.1. The molecule has 3 amide bonds. The van der Waals surface area contributed by atoms with Crippen LogP contribution in [-0.2, 0) is 7.05 Å². The van der Waals surface area contributed by atoms with E-state index in [1.54, 1.807) is 14.0 Å². The Hall–Kier alpha value is -4.42. The Bertz CT molecular complexity index is 1410. The van der Waals surface area contributed by atoms with Gasteiger partial charge in [0.2, 0.25) is 0 Å². The Morgan fingerprint density at radius 2 is 1.81 bits per heavy atom. The van der Waals surface area contributed by atoms with Gasteiger partial charge in [0, 0.05) is 37.4 Å². The topological polar surface area (TPSA) is 119 Å². The first-order valence-corrected chi connectivity index (χ1v) is 11.3. The summed E-state index contributed by atoms with van der Waals surface area (Å²) in [5.74, 6) is -2.93. The Morgan fingerprint density at radius 1 is 1.11 bits per heavy atom. The lowest BCUT2D eigenvalue weighted by Crippen LogP contribution is -2.58. The smallest absolute Gasteiger partial charge is 0.341 e. The van der Waals surface area contributed by atoms with E-state index in [0.717, 1.165) is 12.3 Å². The van der Waals surface area contributed by atoms with Crippen molar-refractivity contribution in [3.63, 3.8) is 0 Å². The van der Waals surface area contributed by atoms with Crippen LogP contribution >= 0.6 is 0 Å². The Kier molecular flexibility index (Phi) is 6.05. The van der Waals surface area contributed by atoms with Gasteiger partial charge < -0.3 is 15.4 Å². The third kappa shape index (κ3) is 4.47. The van der Waals surface area contributed by atoms with Crippen LogP contribution in [0.25, 0.3) is 11.4 Å². The van der Waals surface area contributed by atoms with E-state index in [-0.39, 0.29) is 24.5 Å². The number of hydrogen-bond acceptors (Lipinski definition) is 6. The van der Waals surface area contributed by atoms with Gasteiger partial charge in [0.25, 0.3) is 5.91 Å². The van der Waals surface area contributed by atoms with Crippen LogP contribution in [0.3, 0.4) is 0 Å². The highest BCUT2D eigenvalue weighted by molar-refractivity contribution is 5.94. The fourth-order valence-corrected chi connectivity index (χ4v) is 4.50. The van der Waals surface area contributed by atoms with Gasteiger partial charge in [-0.15, -0.1) is 0 Å². The number of primary amides is 1. The summed E-state index contributed by atoms with van der Waals surface area (Å²) in [7, 11) is 1.61. The maximum Gasteiger partial charge on any atom is 0.341 e. The van der Waals surface area contributed by atoms with Crippen molar-refractivity contribution >= 4 is 18.2 Å². The van der Waals surface area contributed by atoms with Gasteiger partial charge >= 0.3 is 6.03 Å². The average molecular weight is 513 g/mol. The molecule has 13 heteroatoms. The number of hydrazone groups is 1. The summed E-state index contributed by atoms with van der Waals surface area (Å²) < 4.78 is 49.1. The first-order chi connectivity index (χ1) is 17.6. The molecule has 2 aliphatic rings. The number of benzene rings is 1. The van der Waals surface area contributed by atoms with Crippen LogP contribution in [0, 0.1) is 24.4 Å². The summed E-state index contributed by atoms with van der Waals surface area (Å²) in [5, 5.41) is 9.35. The number of urea groups is 1. The summed E-state index contributed by atoms with van der Waals surface area (Å²) in [6.45, 7) is 1.97. The third-order valence-electron chi connectivity index (χ3n) is 6.29. The molecule has 1 saturated heterocycles. The van der Waals surface area contributed by atoms with E-state index in [9.17, 15) is 22.8 Å². The molecule has 1 fully saturated rings. The number of hydrogen-bond donors (Lipinski definition) is 1. The first-order valence-electron chi connectivity index (χ1n) is 11.3. The number of nitrogens with zero attached hydrogens (tertiary/aromatic N) is 6. The molecule has 192 valence electrons. The second-order valence-corrected chi connectivity index (χ2v) is 8.83. The van der Waals surface area contributed by atoms with Crippen molar-refractivity contribution in [2.24, 2.45) is 17.9 Å². The summed E-state index contributed by atoms with van der Waals surface area (Å²) in [6, 6.07) is 3.41. The molecule has 5 rings (SSSR count). The van der Waals surface area contributed by atoms with E-state index in [2.05, 4.69) is 15.2 Å². The second kappa shape index (κ2) is 9.22. The first kappa shape index (κ1) is 24.3. The monoisotopic (exact) mass is 513 g/mol. The van der Waals surface area contributed by atoms with Crippen LogP contribution < -0.4 is 10.5 Å². The zero-order chi connectivity index (χ0) is 26.4. The number of aromatic nitrogens is 3. The fourth-order valence-electron chi connectivity index (χ4n) is 4.50. The maximum atomic E-state index is 14.5. The minimum absolute atomic E-state index is 0.0735. The molecule has 1 atom stereocenters. The fraction of sp³-hybridized carbons (Fsp3) is 0.292. The zero-order valence-corrected chi connectivity index (χ0v) is 19.9. The number of aryl methyl sites for hydroxylation is 1.